The molecule has 2 aromatic rings. The predicted molar refractivity (Wildman–Crippen MR) is 72.2 cm³/mol. The van der Waals surface area contributed by atoms with Crippen molar-refractivity contribution in [2.45, 2.75) is 6.10 Å². The van der Waals surface area contributed by atoms with Crippen molar-refractivity contribution in [2.24, 2.45) is 0 Å². The van der Waals surface area contributed by atoms with E-state index in [0.29, 0.717) is 19.8 Å². The maximum Gasteiger partial charge on any atom is 0.251 e. The number of benzene rings is 2. The number of carbonyl (C=O) groups is 1. The number of nitrogens with one attached hydrogen (secondary N) is 1. The topological polar surface area (TPSA) is 50.9 Å². The molecule has 4 nitrogen and oxygen atoms in total. The van der Waals surface area contributed by atoms with Crippen LogP contribution in [0.1, 0.15) is 0 Å². The fraction of sp³-hybridized carbons (Fsp3) is 0.267. The van der Waals surface area contributed by atoms with E-state index >= 15 is 0 Å². The highest BCUT2D eigenvalue weighted by molar-refractivity contribution is 5.88. The van der Waals surface area contributed by atoms with Gasteiger partial charge < -0.3 is 14.8 Å². The molecule has 1 saturated heterocycles. The van der Waals surface area contributed by atoms with Gasteiger partial charge in [0, 0.05) is 5.39 Å². The Balaban J connectivity index is 1.57. The van der Waals surface area contributed by atoms with Gasteiger partial charge in [-0.25, -0.2) is 0 Å². The van der Waals surface area contributed by atoms with Crippen molar-refractivity contribution in [2.75, 3.05) is 19.8 Å². The second-order valence-electron chi connectivity index (χ2n) is 4.44. The summed E-state index contributed by atoms with van der Waals surface area (Å²) in [7, 11) is 0. The number of ether oxygens (including phenoxy) is 2. The Morgan fingerprint density at radius 1 is 1.26 bits per heavy atom. The summed E-state index contributed by atoms with van der Waals surface area (Å²) in [4.78, 5) is 11.3. The first-order valence-corrected chi connectivity index (χ1v) is 6.34. The Morgan fingerprint density at radius 3 is 2.89 bits per heavy atom. The standard InChI is InChI=1S/C15H15NO3/c17-15(14-10-19-14)16-8-9-18-13-7-3-5-11-4-1-2-6-12(11)13/h1-7,14H,8-10H2,(H,16,17). The first kappa shape index (κ1) is 12.0. The van der Waals surface area contributed by atoms with Crippen LogP contribution >= 0.6 is 0 Å². The van der Waals surface area contributed by atoms with E-state index in [1.807, 2.05) is 30.3 Å². The molecule has 1 amide bonds. The van der Waals surface area contributed by atoms with Crippen molar-refractivity contribution in [3.63, 3.8) is 0 Å². The molecule has 1 unspecified atom stereocenters. The van der Waals surface area contributed by atoms with Gasteiger partial charge in [0.1, 0.15) is 12.4 Å². The van der Waals surface area contributed by atoms with Crippen LogP contribution in [0.15, 0.2) is 42.5 Å². The highest BCUT2D eigenvalue weighted by Gasteiger charge is 2.30. The van der Waals surface area contributed by atoms with Crippen LogP contribution in [0.4, 0.5) is 0 Å². The average Bonchev–Trinajstić information content (AvgIpc) is 3.28. The van der Waals surface area contributed by atoms with E-state index in [4.69, 9.17) is 9.47 Å². The number of hydrogen-bond donors (Lipinski definition) is 1. The fourth-order valence-corrected chi connectivity index (χ4v) is 1.97. The molecule has 2 aromatic carbocycles. The molecule has 1 N–H and O–H groups in total. The average molecular weight is 257 g/mol. The molecule has 0 radical (unpaired) electrons. The van der Waals surface area contributed by atoms with E-state index in [1.54, 1.807) is 0 Å². The minimum atomic E-state index is -0.238. The lowest BCUT2D eigenvalue weighted by Crippen LogP contribution is -2.31. The molecule has 1 atom stereocenters. The number of epoxide rings is 1. The van der Waals surface area contributed by atoms with Gasteiger partial charge in [-0.3, -0.25) is 4.79 Å². The minimum Gasteiger partial charge on any atom is -0.491 e. The van der Waals surface area contributed by atoms with Crippen LogP contribution < -0.4 is 10.1 Å². The first-order chi connectivity index (χ1) is 9.34. The Labute approximate surface area is 111 Å². The maximum absolute atomic E-state index is 11.3. The van der Waals surface area contributed by atoms with Gasteiger partial charge in [-0.2, -0.15) is 0 Å². The number of fused-ring (bicyclic) bond motifs is 1. The molecule has 1 aliphatic heterocycles. The molecule has 98 valence electrons. The van der Waals surface area contributed by atoms with Gasteiger partial charge in [-0.05, 0) is 11.5 Å². The highest BCUT2D eigenvalue weighted by atomic mass is 16.6. The third kappa shape index (κ3) is 2.85. The minimum absolute atomic E-state index is 0.0541. The van der Waals surface area contributed by atoms with Crippen LogP contribution in [0.2, 0.25) is 0 Å². The smallest absolute Gasteiger partial charge is 0.251 e. The Morgan fingerprint density at radius 2 is 2.05 bits per heavy atom. The molecule has 0 aromatic heterocycles. The van der Waals surface area contributed by atoms with Gasteiger partial charge >= 0.3 is 0 Å². The molecule has 1 fully saturated rings. The van der Waals surface area contributed by atoms with E-state index in [-0.39, 0.29) is 12.0 Å². The number of rotatable bonds is 5. The lowest BCUT2D eigenvalue weighted by atomic mass is 10.1. The quantitative estimate of drug-likeness (QED) is 0.655. The van der Waals surface area contributed by atoms with Crippen molar-refractivity contribution in [3.05, 3.63) is 42.5 Å². The summed E-state index contributed by atoms with van der Waals surface area (Å²) >= 11 is 0. The zero-order valence-corrected chi connectivity index (χ0v) is 10.5. The SMILES string of the molecule is O=C(NCCOc1cccc2ccccc12)C1CO1. The summed E-state index contributed by atoms with van der Waals surface area (Å²) in [6.07, 6.45) is -0.238. The second-order valence-corrected chi connectivity index (χ2v) is 4.44. The highest BCUT2D eigenvalue weighted by Crippen LogP contribution is 2.24. The molecular weight excluding hydrogens is 242 g/mol. The zero-order valence-electron chi connectivity index (χ0n) is 10.5. The van der Waals surface area contributed by atoms with E-state index < -0.39 is 0 Å². The predicted octanol–water partition coefficient (Wildman–Crippen LogP) is 1.73. The van der Waals surface area contributed by atoms with Gasteiger partial charge in [0.25, 0.3) is 5.91 Å². The monoisotopic (exact) mass is 257 g/mol. The number of amides is 1. The van der Waals surface area contributed by atoms with Gasteiger partial charge in [0.05, 0.1) is 13.2 Å². The maximum atomic E-state index is 11.3. The molecular formula is C15H15NO3. The van der Waals surface area contributed by atoms with Gasteiger partial charge in [-0.1, -0.05) is 36.4 Å². The lowest BCUT2D eigenvalue weighted by Gasteiger charge is -2.09. The molecule has 0 bridgehead atoms. The van der Waals surface area contributed by atoms with Crippen LogP contribution in [-0.4, -0.2) is 31.8 Å². The van der Waals surface area contributed by atoms with Crippen molar-refractivity contribution in [1.29, 1.82) is 0 Å². The van der Waals surface area contributed by atoms with Crippen molar-refractivity contribution in [3.8, 4) is 5.75 Å². The number of hydrogen-bond acceptors (Lipinski definition) is 3. The Bertz CT molecular complexity index is 587. The third-order valence-corrected chi connectivity index (χ3v) is 3.03. The normalized spacial score (nSPS) is 17.2. The lowest BCUT2D eigenvalue weighted by molar-refractivity contribution is -0.122. The van der Waals surface area contributed by atoms with Gasteiger partial charge in [0.15, 0.2) is 6.10 Å². The summed E-state index contributed by atoms with van der Waals surface area (Å²) in [5.74, 6) is 0.788. The molecule has 0 spiro atoms. The van der Waals surface area contributed by atoms with Gasteiger partial charge in [0.2, 0.25) is 0 Å². The summed E-state index contributed by atoms with van der Waals surface area (Å²) in [6, 6.07) is 14.0. The third-order valence-electron chi connectivity index (χ3n) is 3.03. The summed E-state index contributed by atoms with van der Waals surface area (Å²) in [5, 5.41) is 5.01. The molecule has 4 heteroatoms. The summed E-state index contributed by atoms with van der Waals surface area (Å²) in [6.45, 7) is 1.48. The fourth-order valence-electron chi connectivity index (χ4n) is 1.97. The first-order valence-electron chi connectivity index (χ1n) is 6.34. The van der Waals surface area contributed by atoms with Gasteiger partial charge in [-0.15, -0.1) is 0 Å². The van der Waals surface area contributed by atoms with Crippen molar-refractivity contribution < 1.29 is 14.3 Å². The molecule has 19 heavy (non-hydrogen) atoms. The van der Waals surface area contributed by atoms with Crippen LogP contribution in [0.3, 0.4) is 0 Å². The van der Waals surface area contributed by atoms with Crippen molar-refractivity contribution in [1.82, 2.24) is 5.32 Å². The Hall–Kier alpha value is -2.07. The summed E-state index contributed by atoms with van der Waals surface area (Å²) in [5.41, 5.74) is 0. The molecule has 1 aliphatic rings. The van der Waals surface area contributed by atoms with E-state index in [0.717, 1.165) is 16.5 Å². The van der Waals surface area contributed by atoms with E-state index in [2.05, 4.69) is 17.4 Å². The number of carbonyl (C=O) groups excluding carboxylic acids is 1. The molecule has 0 saturated carbocycles. The van der Waals surface area contributed by atoms with E-state index in [1.165, 1.54) is 0 Å². The zero-order chi connectivity index (χ0) is 13.1. The van der Waals surface area contributed by atoms with Crippen LogP contribution in [0.5, 0.6) is 5.75 Å². The van der Waals surface area contributed by atoms with Crippen LogP contribution in [0, 0.1) is 0 Å². The van der Waals surface area contributed by atoms with Crippen molar-refractivity contribution >= 4 is 16.7 Å². The van der Waals surface area contributed by atoms with Crippen LogP contribution in [0.25, 0.3) is 10.8 Å². The molecule has 1 heterocycles. The van der Waals surface area contributed by atoms with Crippen LogP contribution in [-0.2, 0) is 9.53 Å². The Kier molecular flexibility index (Phi) is 3.33. The molecule has 3 rings (SSSR count). The second kappa shape index (κ2) is 5.28. The molecule has 0 aliphatic carbocycles. The largest absolute Gasteiger partial charge is 0.491 e. The van der Waals surface area contributed by atoms with E-state index in [9.17, 15) is 4.79 Å². The summed E-state index contributed by atoms with van der Waals surface area (Å²) < 4.78 is 10.6.